The van der Waals surface area contributed by atoms with Crippen molar-refractivity contribution in [3.8, 4) is 0 Å². The van der Waals surface area contributed by atoms with E-state index in [9.17, 15) is 19.8 Å². The zero-order valence-corrected chi connectivity index (χ0v) is 21.7. The molecule has 0 saturated heterocycles. The molecule has 0 radical (unpaired) electrons. The number of allylic oxidation sites excluding steroid dienone is 3. The van der Waals surface area contributed by atoms with Crippen LogP contribution in [0.3, 0.4) is 0 Å². The summed E-state index contributed by atoms with van der Waals surface area (Å²) in [5.41, 5.74) is 0.733. The normalized spacial score (nSPS) is 29.3. The Morgan fingerprint density at radius 1 is 1.18 bits per heavy atom. The number of ketones is 1. The van der Waals surface area contributed by atoms with Gasteiger partial charge in [0.25, 0.3) is 0 Å². The van der Waals surface area contributed by atoms with E-state index in [2.05, 4.69) is 32.1 Å². The molecule has 0 amide bonds. The summed E-state index contributed by atoms with van der Waals surface area (Å²) in [5.74, 6) is 0.798. The number of hydrogen-bond acceptors (Lipinski definition) is 5. The van der Waals surface area contributed by atoms with Gasteiger partial charge in [-0.15, -0.1) is 0 Å². The highest BCUT2D eigenvalue weighted by atomic mass is 16.5. The quantitative estimate of drug-likeness (QED) is 0.410. The molecule has 0 fully saturated rings. The van der Waals surface area contributed by atoms with Crippen LogP contribution in [-0.2, 0) is 14.3 Å². The minimum atomic E-state index is -0.811. The first-order valence-electron chi connectivity index (χ1n) is 12.9. The molecular weight excluding hydrogens is 416 g/mol. The van der Waals surface area contributed by atoms with Crippen molar-refractivity contribution in [2.75, 3.05) is 0 Å². The molecule has 0 aromatic heterocycles. The Morgan fingerprint density at radius 2 is 1.85 bits per heavy atom. The van der Waals surface area contributed by atoms with Gasteiger partial charge in [-0.2, -0.15) is 0 Å². The second-order valence-corrected chi connectivity index (χ2v) is 11.4. The zero-order chi connectivity index (χ0) is 24.9. The molecule has 0 bridgehead atoms. The van der Waals surface area contributed by atoms with E-state index in [1.54, 1.807) is 0 Å². The molecule has 0 aromatic rings. The fraction of sp³-hybridized carbons (Fsp3) is 0.786. The van der Waals surface area contributed by atoms with Gasteiger partial charge in [-0.25, -0.2) is 0 Å². The largest absolute Gasteiger partial charge is 0.461 e. The summed E-state index contributed by atoms with van der Waals surface area (Å²) in [5, 5.41) is 20.8. The van der Waals surface area contributed by atoms with E-state index in [0.717, 1.165) is 19.3 Å². The third-order valence-corrected chi connectivity index (χ3v) is 7.75. The van der Waals surface area contributed by atoms with Crippen LogP contribution in [0, 0.1) is 35.0 Å². The Bertz CT molecular complexity index is 735. The molecule has 33 heavy (non-hydrogen) atoms. The minimum Gasteiger partial charge on any atom is -0.461 e. The average Bonchev–Trinajstić information content (AvgIpc) is 2.72. The van der Waals surface area contributed by atoms with Crippen LogP contribution in [0.15, 0.2) is 23.8 Å². The maximum Gasteiger partial charge on any atom is 0.311 e. The Morgan fingerprint density at radius 3 is 2.45 bits per heavy atom. The Hall–Kier alpha value is -1.46. The first kappa shape index (κ1) is 27.8. The molecule has 2 rings (SSSR count). The molecule has 2 aliphatic rings. The maximum absolute atomic E-state index is 12.9. The van der Waals surface area contributed by atoms with Crippen LogP contribution >= 0.6 is 0 Å². The van der Waals surface area contributed by atoms with Gasteiger partial charge in [0.2, 0.25) is 0 Å². The first-order valence-corrected chi connectivity index (χ1v) is 12.9. The van der Waals surface area contributed by atoms with Crippen LogP contribution in [0.5, 0.6) is 0 Å². The van der Waals surface area contributed by atoms with E-state index in [1.807, 2.05) is 34.6 Å². The monoisotopic (exact) mass is 462 g/mol. The van der Waals surface area contributed by atoms with Crippen LogP contribution in [0.2, 0.25) is 0 Å². The highest BCUT2D eigenvalue weighted by Gasteiger charge is 2.42. The predicted octanol–water partition coefficient (Wildman–Crippen LogP) is 5.25. The highest BCUT2D eigenvalue weighted by Crippen LogP contribution is 2.45. The van der Waals surface area contributed by atoms with Crippen LogP contribution in [0.1, 0.15) is 87.0 Å². The number of fused-ring (bicyclic) bond motifs is 1. The van der Waals surface area contributed by atoms with Crippen molar-refractivity contribution in [3.05, 3.63) is 23.8 Å². The molecule has 5 nitrogen and oxygen atoms in total. The molecule has 0 aliphatic heterocycles. The fourth-order valence-corrected chi connectivity index (χ4v) is 5.03. The highest BCUT2D eigenvalue weighted by molar-refractivity contribution is 5.80. The number of ether oxygens (including phenoxy) is 1. The molecule has 0 unspecified atom stereocenters. The lowest BCUT2D eigenvalue weighted by molar-refractivity contribution is -0.164. The SMILES string of the molecule is CCC(C)(C)C(=O)O[C@H]1C[C@@H](C)C=C2C=C[C@H](C)[C@H](CC[C@@H](O)C[C@@H](O)CC(=O)C(C)C)[C@H]21. The number of rotatable bonds is 11. The van der Waals surface area contributed by atoms with Gasteiger partial charge in [0.1, 0.15) is 11.9 Å². The summed E-state index contributed by atoms with van der Waals surface area (Å²) in [7, 11) is 0. The van der Waals surface area contributed by atoms with Crippen molar-refractivity contribution < 1.29 is 24.5 Å². The third kappa shape index (κ3) is 7.51. The van der Waals surface area contributed by atoms with Gasteiger partial charge in [0.15, 0.2) is 0 Å². The van der Waals surface area contributed by atoms with Crippen LogP contribution in [-0.4, -0.2) is 40.3 Å². The summed E-state index contributed by atoms with van der Waals surface area (Å²) in [6, 6.07) is 0. The van der Waals surface area contributed by atoms with Crippen LogP contribution in [0.4, 0.5) is 0 Å². The number of carbonyl (C=O) groups excluding carboxylic acids is 2. The van der Waals surface area contributed by atoms with Gasteiger partial charge in [-0.05, 0) is 69.3 Å². The van der Waals surface area contributed by atoms with Crippen LogP contribution in [0.25, 0.3) is 0 Å². The molecule has 0 saturated carbocycles. The van der Waals surface area contributed by atoms with Crippen molar-refractivity contribution >= 4 is 11.8 Å². The molecule has 0 spiro atoms. The van der Waals surface area contributed by atoms with E-state index < -0.39 is 17.6 Å². The van der Waals surface area contributed by atoms with Crippen molar-refractivity contribution in [2.24, 2.45) is 35.0 Å². The maximum atomic E-state index is 12.9. The average molecular weight is 463 g/mol. The number of hydrogen-bond donors (Lipinski definition) is 2. The lowest BCUT2D eigenvalue weighted by atomic mass is 9.65. The first-order chi connectivity index (χ1) is 15.4. The van der Waals surface area contributed by atoms with Crippen molar-refractivity contribution in [1.82, 2.24) is 0 Å². The smallest absolute Gasteiger partial charge is 0.311 e. The van der Waals surface area contributed by atoms with E-state index >= 15 is 0 Å². The molecule has 7 atom stereocenters. The molecule has 2 aliphatic carbocycles. The molecule has 188 valence electrons. The van der Waals surface area contributed by atoms with Crippen LogP contribution < -0.4 is 0 Å². The zero-order valence-electron chi connectivity index (χ0n) is 21.7. The molecule has 0 heterocycles. The van der Waals surface area contributed by atoms with E-state index in [-0.39, 0.29) is 48.5 Å². The Balaban J connectivity index is 2.08. The van der Waals surface area contributed by atoms with Gasteiger partial charge in [-0.1, -0.05) is 52.8 Å². The van der Waals surface area contributed by atoms with Gasteiger partial charge in [0.05, 0.1) is 17.6 Å². The number of aliphatic hydroxyl groups excluding tert-OH is 2. The van der Waals surface area contributed by atoms with Gasteiger partial charge >= 0.3 is 5.97 Å². The standard InChI is InChI=1S/C28H46O5/c1-8-28(6,7)27(32)33-25-14-18(4)13-20-10-9-19(5)23(26(20)25)12-11-21(29)15-22(30)16-24(31)17(2)3/h9-10,13,17-19,21-23,25-26,29-30H,8,11-12,14-16H2,1-7H3/t18-,19-,21+,22+,23-,25-,26-/m0/s1. The number of carbonyl (C=O) groups is 2. The lowest BCUT2D eigenvalue weighted by Gasteiger charge is -2.44. The van der Waals surface area contributed by atoms with Gasteiger partial charge in [-0.3, -0.25) is 9.59 Å². The predicted molar refractivity (Wildman–Crippen MR) is 131 cm³/mol. The van der Waals surface area contributed by atoms with Crippen molar-refractivity contribution in [3.63, 3.8) is 0 Å². The van der Waals surface area contributed by atoms with Gasteiger partial charge in [0, 0.05) is 18.3 Å². The summed E-state index contributed by atoms with van der Waals surface area (Å²) in [6.07, 6.45) is 8.25. The summed E-state index contributed by atoms with van der Waals surface area (Å²) in [6.45, 7) is 13.9. The summed E-state index contributed by atoms with van der Waals surface area (Å²) < 4.78 is 6.15. The van der Waals surface area contributed by atoms with Crippen molar-refractivity contribution in [1.29, 1.82) is 0 Å². The molecule has 5 heteroatoms. The third-order valence-electron chi connectivity index (χ3n) is 7.75. The number of esters is 1. The molecular formula is C28H46O5. The number of aliphatic hydroxyl groups is 2. The Kier molecular flexibility index (Phi) is 9.93. The number of Topliss-reactive ketones (excluding diaryl/α,β-unsaturated/α-hetero) is 1. The minimum absolute atomic E-state index is 0.0199. The van der Waals surface area contributed by atoms with Crippen molar-refractivity contribution in [2.45, 2.75) is 105 Å². The molecule has 2 N–H and O–H groups in total. The summed E-state index contributed by atoms with van der Waals surface area (Å²) >= 11 is 0. The van der Waals surface area contributed by atoms with E-state index in [0.29, 0.717) is 18.3 Å². The second-order valence-electron chi connectivity index (χ2n) is 11.4. The molecule has 0 aromatic carbocycles. The Labute approximate surface area is 200 Å². The van der Waals surface area contributed by atoms with E-state index in [4.69, 9.17) is 4.74 Å². The summed E-state index contributed by atoms with van der Waals surface area (Å²) in [4.78, 5) is 24.8. The topological polar surface area (TPSA) is 83.8 Å². The second kappa shape index (κ2) is 11.8. The van der Waals surface area contributed by atoms with Gasteiger partial charge < -0.3 is 14.9 Å². The lowest BCUT2D eigenvalue weighted by Crippen LogP contribution is -2.43. The van der Waals surface area contributed by atoms with E-state index in [1.165, 1.54) is 5.57 Å². The fourth-order valence-electron chi connectivity index (χ4n) is 5.03.